The molecule has 0 aliphatic carbocycles. The van der Waals surface area contributed by atoms with E-state index in [1.165, 1.54) is 24.0 Å². The maximum absolute atomic E-state index is 6.02. The summed E-state index contributed by atoms with van der Waals surface area (Å²) >= 11 is 0. The van der Waals surface area contributed by atoms with E-state index in [4.69, 9.17) is 14.2 Å². The number of fused-ring (bicyclic) bond motifs is 1. The number of benzene rings is 1. The lowest BCUT2D eigenvalue weighted by Gasteiger charge is -2.20. The third-order valence-corrected chi connectivity index (χ3v) is 3.94. The number of methoxy groups -OCH3 is 2. The van der Waals surface area contributed by atoms with E-state index in [1.54, 1.807) is 14.2 Å². The molecule has 1 unspecified atom stereocenters. The second-order valence-corrected chi connectivity index (χ2v) is 5.43. The number of aryl methyl sites for hydroxylation is 1. The highest BCUT2D eigenvalue weighted by atomic mass is 16.5. The van der Waals surface area contributed by atoms with Crippen LogP contribution in [0, 0.1) is 0 Å². The molecule has 0 radical (unpaired) electrons. The lowest BCUT2D eigenvalue weighted by molar-refractivity contribution is 0.0564. The highest BCUT2D eigenvalue weighted by Gasteiger charge is 2.22. The van der Waals surface area contributed by atoms with Gasteiger partial charge in [0.2, 0.25) is 0 Å². The molecule has 1 N–H and O–H groups in total. The van der Waals surface area contributed by atoms with E-state index in [0.29, 0.717) is 0 Å². The average molecular weight is 293 g/mol. The number of hydrogen-bond donors (Lipinski definition) is 1. The van der Waals surface area contributed by atoms with Gasteiger partial charge in [-0.2, -0.15) is 0 Å². The Morgan fingerprint density at radius 2 is 2.00 bits per heavy atom. The number of unbranched alkanes of at least 4 members (excludes halogenated alkanes) is 1. The summed E-state index contributed by atoms with van der Waals surface area (Å²) in [6, 6.07) is 4.17. The minimum absolute atomic E-state index is 0.0964. The van der Waals surface area contributed by atoms with Crippen molar-refractivity contribution in [2.45, 2.75) is 38.7 Å². The van der Waals surface area contributed by atoms with Crippen LogP contribution < -0.4 is 14.8 Å². The second kappa shape index (κ2) is 8.25. The van der Waals surface area contributed by atoms with E-state index < -0.39 is 0 Å². The van der Waals surface area contributed by atoms with Crippen LogP contribution in [0.25, 0.3) is 0 Å². The molecule has 0 amide bonds. The van der Waals surface area contributed by atoms with Gasteiger partial charge in [-0.25, -0.2) is 0 Å². The molecule has 0 saturated carbocycles. The normalized spacial score (nSPS) is 18.0. The fourth-order valence-corrected chi connectivity index (χ4v) is 2.73. The molecule has 4 nitrogen and oxygen atoms in total. The highest BCUT2D eigenvalue weighted by molar-refractivity contribution is 5.48. The second-order valence-electron chi connectivity index (χ2n) is 5.43. The minimum Gasteiger partial charge on any atom is -0.493 e. The van der Waals surface area contributed by atoms with Gasteiger partial charge in [-0.05, 0) is 49.1 Å². The lowest BCUT2D eigenvalue weighted by atomic mass is 9.98. The third-order valence-electron chi connectivity index (χ3n) is 3.94. The van der Waals surface area contributed by atoms with Crippen molar-refractivity contribution in [3.63, 3.8) is 0 Å². The van der Waals surface area contributed by atoms with Crippen LogP contribution >= 0.6 is 0 Å². The largest absolute Gasteiger partial charge is 0.493 e. The molecule has 1 aromatic carbocycles. The molecule has 118 valence electrons. The third kappa shape index (κ3) is 4.11. The van der Waals surface area contributed by atoms with E-state index in [2.05, 4.69) is 24.4 Å². The molecule has 0 spiro atoms. The predicted octanol–water partition coefficient (Wildman–Crippen LogP) is 3.10. The summed E-state index contributed by atoms with van der Waals surface area (Å²) < 4.78 is 16.9. The number of nitrogens with one attached hydrogen (secondary N) is 1. The van der Waals surface area contributed by atoms with E-state index in [1.807, 2.05) is 0 Å². The fourth-order valence-electron chi connectivity index (χ4n) is 2.73. The van der Waals surface area contributed by atoms with E-state index in [9.17, 15) is 0 Å². The minimum atomic E-state index is 0.0964. The first kappa shape index (κ1) is 16.1. The molecule has 1 aliphatic heterocycles. The van der Waals surface area contributed by atoms with Gasteiger partial charge in [0, 0.05) is 13.2 Å². The van der Waals surface area contributed by atoms with Crippen molar-refractivity contribution in [2.75, 3.05) is 33.9 Å². The van der Waals surface area contributed by atoms with E-state index >= 15 is 0 Å². The predicted molar refractivity (Wildman–Crippen MR) is 84.3 cm³/mol. The molecule has 1 aromatic rings. The van der Waals surface area contributed by atoms with Crippen LogP contribution in [-0.2, 0) is 11.2 Å². The summed E-state index contributed by atoms with van der Waals surface area (Å²) in [6.07, 6.45) is 4.58. The van der Waals surface area contributed by atoms with E-state index in [-0.39, 0.29) is 6.10 Å². The van der Waals surface area contributed by atoms with Gasteiger partial charge < -0.3 is 19.5 Å². The zero-order valence-electron chi connectivity index (χ0n) is 13.4. The maximum atomic E-state index is 6.02. The molecule has 1 aliphatic rings. The first-order valence-corrected chi connectivity index (χ1v) is 7.87. The number of rotatable bonds is 7. The Bertz CT molecular complexity index is 448. The summed E-state index contributed by atoms with van der Waals surface area (Å²) in [5.41, 5.74) is 2.54. The Hall–Kier alpha value is -1.26. The first-order chi connectivity index (χ1) is 10.3. The standard InChI is InChI=1S/C17H27NO3/c1-4-5-8-18-12-17-14-11-16(20-3)15(19-2)10-13(14)7-6-9-21-17/h10-11,17-18H,4-9,12H2,1-3H3. The summed E-state index contributed by atoms with van der Waals surface area (Å²) in [5, 5.41) is 3.49. The van der Waals surface area contributed by atoms with Crippen LogP contribution in [0.15, 0.2) is 12.1 Å². The van der Waals surface area contributed by atoms with Crippen molar-refractivity contribution in [3.8, 4) is 11.5 Å². The smallest absolute Gasteiger partial charge is 0.161 e. The average Bonchev–Trinajstić information content (AvgIpc) is 2.72. The topological polar surface area (TPSA) is 39.7 Å². The SMILES string of the molecule is CCCCNCC1OCCCc2cc(OC)c(OC)cc21. The number of hydrogen-bond acceptors (Lipinski definition) is 4. The lowest BCUT2D eigenvalue weighted by Crippen LogP contribution is -2.24. The van der Waals surface area contributed by atoms with Gasteiger partial charge >= 0.3 is 0 Å². The van der Waals surface area contributed by atoms with Crippen molar-refractivity contribution >= 4 is 0 Å². The van der Waals surface area contributed by atoms with Crippen molar-refractivity contribution in [1.29, 1.82) is 0 Å². The summed E-state index contributed by atoms with van der Waals surface area (Å²) in [5.74, 6) is 1.58. The van der Waals surface area contributed by atoms with Crippen molar-refractivity contribution in [2.24, 2.45) is 0 Å². The monoisotopic (exact) mass is 293 g/mol. The van der Waals surface area contributed by atoms with Crippen molar-refractivity contribution in [1.82, 2.24) is 5.32 Å². The van der Waals surface area contributed by atoms with Crippen molar-refractivity contribution < 1.29 is 14.2 Å². The molecule has 0 saturated heterocycles. The van der Waals surface area contributed by atoms with Crippen LogP contribution in [0.4, 0.5) is 0 Å². The van der Waals surface area contributed by atoms with Crippen LogP contribution in [0.2, 0.25) is 0 Å². The summed E-state index contributed by atoms with van der Waals surface area (Å²) in [7, 11) is 3.36. The Morgan fingerprint density at radius 3 is 2.71 bits per heavy atom. The van der Waals surface area contributed by atoms with Crippen LogP contribution in [-0.4, -0.2) is 33.9 Å². The zero-order chi connectivity index (χ0) is 15.1. The summed E-state index contributed by atoms with van der Waals surface area (Å²) in [4.78, 5) is 0. The maximum Gasteiger partial charge on any atom is 0.161 e. The Labute approximate surface area is 127 Å². The first-order valence-electron chi connectivity index (χ1n) is 7.87. The molecular formula is C17H27NO3. The molecule has 1 heterocycles. The Morgan fingerprint density at radius 1 is 1.24 bits per heavy atom. The molecule has 1 atom stereocenters. The molecule has 21 heavy (non-hydrogen) atoms. The fraction of sp³-hybridized carbons (Fsp3) is 0.647. The van der Waals surface area contributed by atoms with Gasteiger partial charge in [0.05, 0.1) is 20.3 Å². The molecule has 2 rings (SSSR count). The molecule has 0 fully saturated rings. The number of ether oxygens (including phenoxy) is 3. The van der Waals surface area contributed by atoms with Gasteiger partial charge in [0.25, 0.3) is 0 Å². The molecule has 4 heteroatoms. The van der Waals surface area contributed by atoms with Gasteiger partial charge in [0.1, 0.15) is 0 Å². The van der Waals surface area contributed by atoms with Crippen LogP contribution in [0.5, 0.6) is 11.5 Å². The Kier molecular flexibility index (Phi) is 6.33. The zero-order valence-corrected chi connectivity index (χ0v) is 13.4. The van der Waals surface area contributed by atoms with E-state index in [0.717, 1.165) is 44.0 Å². The van der Waals surface area contributed by atoms with Crippen molar-refractivity contribution in [3.05, 3.63) is 23.3 Å². The van der Waals surface area contributed by atoms with Gasteiger partial charge in [-0.15, -0.1) is 0 Å². The van der Waals surface area contributed by atoms with Crippen LogP contribution in [0.3, 0.4) is 0 Å². The van der Waals surface area contributed by atoms with Gasteiger partial charge in [0.15, 0.2) is 11.5 Å². The van der Waals surface area contributed by atoms with Gasteiger partial charge in [-0.1, -0.05) is 13.3 Å². The summed E-state index contributed by atoms with van der Waals surface area (Å²) in [6.45, 7) is 4.90. The quantitative estimate of drug-likeness (QED) is 0.784. The highest BCUT2D eigenvalue weighted by Crippen LogP contribution is 2.36. The van der Waals surface area contributed by atoms with Crippen LogP contribution in [0.1, 0.15) is 43.4 Å². The molecular weight excluding hydrogens is 266 g/mol. The van der Waals surface area contributed by atoms with Gasteiger partial charge in [-0.3, -0.25) is 0 Å². The Balaban J connectivity index is 2.18. The molecule has 0 aromatic heterocycles. The molecule has 0 bridgehead atoms.